The summed E-state index contributed by atoms with van der Waals surface area (Å²) in [7, 11) is 0. The molecule has 0 bridgehead atoms. The lowest BCUT2D eigenvalue weighted by atomic mass is 9.94. The zero-order chi connectivity index (χ0) is 9.26. The predicted molar refractivity (Wildman–Crippen MR) is 52.8 cm³/mol. The van der Waals surface area contributed by atoms with Gasteiger partial charge in [0, 0.05) is 12.8 Å². The van der Waals surface area contributed by atoms with Crippen molar-refractivity contribution in [3.8, 4) is 0 Å². The first kappa shape index (κ1) is 8.49. The molecule has 1 aromatic rings. The van der Waals surface area contributed by atoms with Crippen molar-refractivity contribution >= 4 is 5.78 Å². The van der Waals surface area contributed by atoms with Gasteiger partial charge in [0.25, 0.3) is 0 Å². The highest BCUT2D eigenvalue weighted by atomic mass is 16.1. The zero-order valence-corrected chi connectivity index (χ0v) is 7.92. The SMILES string of the molecule is Cc1ccccc1[C@H]1CCC(=O)C1. The van der Waals surface area contributed by atoms with Gasteiger partial charge in [-0.15, -0.1) is 0 Å². The highest BCUT2D eigenvalue weighted by Crippen LogP contribution is 2.33. The molecule has 0 aromatic heterocycles. The Bertz CT molecular complexity index is 328. The molecule has 2 rings (SSSR count). The Morgan fingerprint density at radius 3 is 2.69 bits per heavy atom. The fourth-order valence-electron chi connectivity index (χ4n) is 2.12. The summed E-state index contributed by atoms with van der Waals surface area (Å²) in [5.41, 5.74) is 2.69. The van der Waals surface area contributed by atoms with E-state index >= 15 is 0 Å². The van der Waals surface area contributed by atoms with Crippen LogP contribution in [-0.2, 0) is 4.79 Å². The van der Waals surface area contributed by atoms with Crippen LogP contribution in [0.1, 0.15) is 36.3 Å². The molecule has 1 fully saturated rings. The van der Waals surface area contributed by atoms with Crippen molar-refractivity contribution in [2.45, 2.75) is 32.1 Å². The van der Waals surface area contributed by atoms with Crippen molar-refractivity contribution in [2.24, 2.45) is 0 Å². The van der Waals surface area contributed by atoms with E-state index in [4.69, 9.17) is 0 Å². The van der Waals surface area contributed by atoms with Crippen LogP contribution < -0.4 is 0 Å². The van der Waals surface area contributed by atoms with E-state index in [0.29, 0.717) is 11.7 Å². The maximum atomic E-state index is 11.1. The van der Waals surface area contributed by atoms with Gasteiger partial charge in [-0.1, -0.05) is 24.3 Å². The number of hydrogen-bond donors (Lipinski definition) is 0. The fraction of sp³-hybridized carbons (Fsp3) is 0.417. The van der Waals surface area contributed by atoms with Gasteiger partial charge in [0.15, 0.2) is 0 Å². The summed E-state index contributed by atoms with van der Waals surface area (Å²) in [5, 5.41) is 0. The van der Waals surface area contributed by atoms with Crippen molar-refractivity contribution in [3.63, 3.8) is 0 Å². The second kappa shape index (κ2) is 3.33. The molecule has 0 heterocycles. The number of benzene rings is 1. The Morgan fingerprint density at radius 1 is 1.31 bits per heavy atom. The average Bonchev–Trinajstić information content (AvgIpc) is 2.53. The van der Waals surface area contributed by atoms with Crippen molar-refractivity contribution < 1.29 is 4.79 Å². The molecule has 1 nitrogen and oxygen atoms in total. The van der Waals surface area contributed by atoms with Gasteiger partial charge >= 0.3 is 0 Å². The molecule has 13 heavy (non-hydrogen) atoms. The summed E-state index contributed by atoms with van der Waals surface area (Å²) in [6.07, 6.45) is 2.58. The number of rotatable bonds is 1. The molecular formula is C12H14O. The highest BCUT2D eigenvalue weighted by molar-refractivity contribution is 5.81. The summed E-state index contributed by atoms with van der Waals surface area (Å²) >= 11 is 0. The van der Waals surface area contributed by atoms with Crippen LogP contribution in [0.25, 0.3) is 0 Å². The minimum atomic E-state index is 0.424. The second-order valence-electron chi connectivity index (χ2n) is 3.83. The first-order chi connectivity index (χ1) is 6.27. The van der Waals surface area contributed by atoms with Gasteiger partial charge in [0.2, 0.25) is 0 Å². The van der Waals surface area contributed by atoms with Gasteiger partial charge in [0.1, 0.15) is 5.78 Å². The summed E-state index contributed by atoms with van der Waals surface area (Å²) in [6, 6.07) is 8.39. The maximum Gasteiger partial charge on any atom is 0.133 e. The fourth-order valence-corrected chi connectivity index (χ4v) is 2.12. The van der Waals surface area contributed by atoms with Crippen LogP contribution >= 0.6 is 0 Å². The summed E-state index contributed by atoms with van der Waals surface area (Å²) in [4.78, 5) is 11.1. The van der Waals surface area contributed by atoms with E-state index < -0.39 is 0 Å². The van der Waals surface area contributed by atoms with E-state index in [1.54, 1.807) is 0 Å². The van der Waals surface area contributed by atoms with E-state index in [2.05, 4.69) is 31.2 Å². The summed E-state index contributed by atoms with van der Waals surface area (Å²) in [6.45, 7) is 2.12. The van der Waals surface area contributed by atoms with Gasteiger partial charge in [-0.25, -0.2) is 0 Å². The highest BCUT2D eigenvalue weighted by Gasteiger charge is 2.24. The Labute approximate surface area is 78.8 Å². The van der Waals surface area contributed by atoms with Crippen LogP contribution in [0.15, 0.2) is 24.3 Å². The average molecular weight is 174 g/mol. The number of aryl methyl sites for hydroxylation is 1. The predicted octanol–water partition coefficient (Wildman–Crippen LogP) is 2.83. The van der Waals surface area contributed by atoms with Gasteiger partial charge in [0.05, 0.1) is 0 Å². The Morgan fingerprint density at radius 2 is 2.08 bits per heavy atom. The number of carbonyl (C=O) groups excluding carboxylic acids is 1. The van der Waals surface area contributed by atoms with Crippen LogP contribution in [0.4, 0.5) is 0 Å². The van der Waals surface area contributed by atoms with Gasteiger partial charge in [-0.2, -0.15) is 0 Å². The second-order valence-corrected chi connectivity index (χ2v) is 3.83. The molecule has 1 aromatic carbocycles. The molecule has 0 aliphatic heterocycles. The molecule has 0 radical (unpaired) electrons. The lowest BCUT2D eigenvalue weighted by Gasteiger charge is -2.11. The van der Waals surface area contributed by atoms with E-state index in [1.165, 1.54) is 11.1 Å². The van der Waals surface area contributed by atoms with Crippen LogP contribution in [0, 0.1) is 6.92 Å². The monoisotopic (exact) mass is 174 g/mol. The normalized spacial score (nSPS) is 22.2. The molecule has 1 atom stereocenters. The lowest BCUT2D eigenvalue weighted by molar-refractivity contribution is -0.117. The van der Waals surface area contributed by atoms with Crippen LogP contribution in [0.3, 0.4) is 0 Å². The quantitative estimate of drug-likeness (QED) is 0.639. The van der Waals surface area contributed by atoms with E-state index in [9.17, 15) is 4.79 Å². The molecule has 0 amide bonds. The molecule has 0 N–H and O–H groups in total. The van der Waals surface area contributed by atoms with Crippen LogP contribution in [-0.4, -0.2) is 5.78 Å². The third kappa shape index (κ3) is 1.64. The Balaban J connectivity index is 2.26. The van der Waals surface area contributed by atoms with Gasteiger partial charge in [-0.05, 0) is 30.4 Å². The Kier molecular flexibility index (Phi) is 2.17. The Hall–Kier alpha value is -1.11. The number of ketones is 1. The van der Waals surface area contributed by atoms with Crippen LogP contribution in [0.5, 0.6) is 0 Å². The van der Waals surface area contributed by atoms with Crippen molar-refractivity contribution in [2.75, 3.05) is 0 Å². The topological polar surface area (TPSA) is 17.1 Å². The molecule has 1 aliphatic carbocycles. The maximum absolute atomic E-state index is 11.1. The summed E-state index contributed by atoms with van der Waals surface area (Å²) in [5.74, 6) is 0.918. The first-order valence-corrected chi connectivity index (χ1v) is 4.84. The first-order valence-electron chi connectivity index (χ1n) is 4.84. The molecule has 0 saturated heterocycles. The van der Waals surface area contributed by atoms with Crippen molar-refractivity contribution in [1.82, 2.24) is 0 Å². The molecule has 0 unspecified atom stereocenters. The standard InChI is InChI=1S/C12H14O/c1-9-4-2-3-5-12(9)10-6-7-11(13)8-10/h2-5,10H,6-8H2,1H3/t10-/m0/s1. The minimum Gasteiger partial charge on any atom is -0.300 e. The third-order valence-electron chi connectivity index (χ3n) is 2.87. The number of hydrogen-bond acceptors (Lipinski definition) is 1. The van der Waals surface area contributed by atoms with E-state index in [0.717, 1.165) is 19.3 Å². The minimum absolute atomic E-state index is 0.424. The van der Waals surface area contributed by atoms with Gasteiger partial charge in [-0.3, -0.25) is 4.79 Å². The smallest absolute Gasteiger partial charge is 0.133 e. The number of Topliss-reactive ketones (excluding diaryl/α,β-unsaturated/α-hetero) is 1. The summed E-state index contributed by atoms with van der Waals surface area (Å²) < 4.78 is 0. The third-order valence-corrected chi connectivity index (χ3v) is 2.87. The zero-order valence-electron chi connectivity index (χ0n) is 7.92. The van der Waals surface area contributed by atoms with Gasteiger partial charge < -0.3 is 0 Å². The molecule has 0 spiro atoms. The van der Waals surface area contributed by atoms with E-state index in [1.807, 2.05) is 0 Å². The molecule has 1 saturated carbocycles. The van der Waals surface area contributed by atoms with E-state index in [-0.39, 0.29) is 0 Å². The molecular weight excluding hydrogens is 160 g/mol. The lowest BCUT2D eigenvalue weighted by Crippen LogP contribution is -1.96. The van der Waals surface area contributed by atoms with Crippen molar-refractivity contribution in [3.05, 3.63) is 35.4 Å². The molecule has 1 aliphatic rings. The molecule has 1 heteroatoms. The molecule has 68 valence electrons. The largest absolute Gasteiger partial charge is 0.300 e. The van der Waals surface area contributed by atoms with Crippen LogP contribution in [0.2, 0.25) is 0 Å². The number of carbonyl (C=O) groups is 1. The van der Waals surface area contributed by atoms with Crippen molar-refractivity contribution in [1.29, 1.82) is 0 Å².